The minimum Gasteiger partial charge on any atom is -0.463 e. The smallest absolute Gasteiger partial charge is 0.408 e. The monoisotopic (exact) mass is 405 g/mol. The third-order valence-electron chi connectivity index (χ3n) is 3.44. The number of hydrogen-bond donors (Lipinski definition) is 1. The molecular weight excluding hydrogens is 382 g/mol. The molecule has 1 amide bonds. The van der Waals surface area contributed by atoms with E-state index in [1.54, 1.807) is 0 Å². The molecule has 0 saturated carbocycles. The van der Waals surface area contributed by atoms with Crippen molar-refractivity contribution in [1.82, 2.24) is 5.32 Å². The van der Waals surface area contributed by atoms with E-state index in [0.717, 1.165) is 34.8 Å². The van der Waals surface area contributed by atoms with Crippen molar-refractivity contribution in [2.75, 3.05) is 13.7 Å². The fourth-order valence-corrected chi connectivity index (χ4v) is 2.52. The highest BCUT2D eigenvalue weighted by Gasteiger charge is 2.52. The van der Waals surface area contributed by atoms with Crippen LogP contribution in [0.25, 0.3) is 0 Å². The van der Waals surface area contributed by atoms with Crippen molar-refractivity contribution in [2.24, 2.45) is 0 Å². The zero-order valence-electron chi connectivity index (χ0n) is 16.1. The van der Waals surface area contributed by atoms with Gasteiger partial charge in [-0.05, 0) is 0 Å². The van der Waals surface area contributed by atoms with Gasteiger partial charge in [-0.15, -0.1) is 0 Å². The first kappa shape index (κ1) is 23.1. The van der Waals surface area contributed by atoms with Gasteiger partial charge in [0.2, 0.25) is 0 Å². The Hall–Kier alpha value is -2.89. The summed E-state index contributed by atoms with van der Waals surface area (Å²) < 4.78 is 30.5. The molecule has 5 atom stereocenters. The van der Waals surface area contributed by atoms with Crippen LogP contribution in [-0.4, -0.2) is 74.3 Å². The van der Waals surface area contributed by atoms with E-state index in [9.17, 15) is 24.0 Å². The fraction of sp³-hybridized carbons (Fsp3) is 0.688. The molecule has 0 aromatic rings. The molecule has 0 aliphatic carbocycles. The van der Waals surface area contributed by atoms with Crippen molar-refractivity contribution in [3.63, 3.8) is 0 Å². The summed E-state index contributed by atoms with van der Waals surface area (Å²) >= 11 is 0. The SMILES string of the molecule is COC(=O)NC1OC(COC(C)=O)C(OC(C)=O)C(OC(C)=O)C1OC(C)=O. The molecule has 28 heavy (non-hydrogen) atoms. The van der Waals surface area contributed by atoms with E-state index >= 15 is 0 Å². The van der Waals surface area contributed by atoms with Crippen LogP contribution < -0.4 is 5.32 Å². The molecule has 0 aromatic heterocycles. The van der Waals surface area contributed by atoms with E-state index in [4.69, 9.17) is 23.7 Å². The number of alkyl carbamates (subject to hydrolysis) is 1. The molecule has 0 bridgehead atoms. The molecule has 12 nitrogen and oxygen atoms in total. The van der Waals surface area contributed by atoms with Gasteiger partial charge in [0.25, 0.3) is 0 Å². The van der Waals surface area contributed by atoms with Gasteiger partial charge in [-0.3, -0.25) is 24.5 Å². The molecule has 1 heterocycles. The molecule has 0 aromatic carbocycles. The van der Waals surface area contributed by atoms with Crippen LogP contribution in [0.4, 0.5) is 4.79 Å². The Labute approximate surface area is 160 Å². The van der Waals surface area contributed by atoms with E-state index in [1.165, 1.54) is 0 Å². The maximum absolute atomic E-state index is 11.6. The molecule has 1 aliphatic rings. The van der Waals surface area contributed by atoms with Crippen molar-refractivity contribution in [2.45, 2.75) is 58.3 Å². The number of esters is 4. The van der Waals surface area contributed by atoms with Crippen LogP contribution >= 0.6 is 0 Å². The summed E-state index contributed by atoms with van der Waals surface area (Å²) in [6, 6.07) is 0. The standard InChI is InChI=1S/C16H23NO11/c1-7(18)24-6-11-12(25-8(2)19)13(26-9(3)20)14(27-10(4)21)15(28-11)17-16(22)23-5/h11-15H,6H2,1-5H3,(H,17,22). The summed E-state index contributed by atoms with van der Waals surface area (Å²) in [6.45, 7) is 4.05. The molecule has 158 valence electrons. The minimum absolute atomic E-state index is 0.392. The van der Waals surface area contributed by atoms with E-state index in [1.807, 2.05) is 0 Å². The Morgan fingerprint density at radius 1 is 0.786 bits per heavy atom. The predicted molar refractivity (Wildman–Crippen MR) is 87.5 cm³/mol. The lowest BCUT2D eigenvalue weighted by Gasteiger charge is -2.44. The highest BCUT2D eigenvalue weighted by atomic mass is 16.7. The number of amides is 1. The van der Waals surface area contributed by atoms with Crippen LogP contribution in [0.15, 0.2) is 0 Å². The van der Waals surface area contributed by atoms with Crippen LogP contribution in [0.3, 0.4) is 0 Å². The van der Waals surface area contributed by atoms with Gasteiger partial charge < -0.3 is 28.4 Å². The van der Waals surface area contributed by atoms with Crippen LogP contribution in [0, 0.1) is 0 Å². The second-order valence-corrected chi connectivity index (χ2v) is 5.76. The summed E-state index contributed by atoms with van der Waals surface area (Å²) in [6.07, 6.45) is -7.46. The van der Waals surface area contributed by atoms with E-state index < -0.39 is 67.2 Å². The van der Waals surface area contributed by atoms with Gasteiger partial charge >= 0.3 is 30.0 Å². The van der Waals surface area contributed by atoms with Crippen LogP contribution in [0.1, 0.15) is 27.7 Å². The summed E-state index contributed by atoms with van der Waals surface area (Å²) in [5.41, 5.74) is 0. The maximum Gasteiger partial charge on any atom is 0.408 e. The average Bonchev–Trinajstić information content (AvgIpc) is 2.57. The summed E-state index contributed by atoms with van der Waals surface area (Å²) in [4.78, 5) is 57.5. The van der Waals surface area contributed by atoms with Gasteiger partial charge in [0.05, 0.1) is 7.11 Å². The number of rotatable bonds is 6. The highest BCUT2D eigenvalue weighted by Crippen LogP contribution is 2.28. The molecule has 5 unspecified atom stereocenters. The molecule has 1 fully saturated rings. The fourth-order valence-electron chi connectivity index (χ4n) is 2.52. The van der Waals surface area contributed by atoms with Crippen LogP contribution in [0.2, 0.25) is 0 Å². The predicted octanol–water partition coefficient (Wildman–Crippen LogP) is -0.574. The number of hydrogen-bond acceptors (Lipinski definition) is 11. The van der Waals surface area contributed by atoms with Crippen molar-refractivity contribution < 1.29 is 52.4 Å². The Bertz CT molecular complexity index is 620. The largest absolute Gasteiger partial charge is 0.463 e. The van der Waals surface area contributed by atoms with Gasteiger partial charge in [0, 0.05) is 27.7 Å². The quantitative estimate of drug-likeness (QED) is 0.446. The molecule has 1 aliphatic heterocycles. The lowest BCUT2D eigenvalue weighted by atomic mass is 9.97. The third-order valence-corrected chi connectivity index (χ3v) is 3.44. The van der Waals surface area contributed by atoms with Gasteiger partial charge in [-0.25, -0.2) is 4.79 Å². The van der Waals surface area contributed by atoms with E-state index in [-0.39, 0.29) is 0 Å². The van der Waals surface area contributed by atoms with Crippen molar-refractivity contribution in [3.05, 3.63) is 0 Å². The first-order valence-corrected chi connectivity index (χ1v) is 8.20. The van der Waals surface area contributed by atoms with Gasteiger partial charge in [-0.1, -0.05) is 0 Å². The molecule has 0 spiro atoms. The number of methoxy groups -OCH3 is 1. The molecule has 1 N–H and O–H groups in total. The molecule has 0 radical (unpaired) electrons. The molecule has 1 rings (SSSR count). The number of carbonyl (C=O) groups is 5. The minimum atomic E-state index is -1.38. The zero-order valence-corrected chi connectivity index (χ0v) is 16.1. The second-order valence-electron chi connectivity index (χ2n) is 5.76. The third kappa shape index (κ3) is 7.02. The molecule has 12 heteroatoms. The Morgan fingerprint density at radius 2 is 1.29 bits per heavy atom. The summed E-state index contributed by atoms with van der Waals surface area (Å²) in [5.74, 6) is -2.94. The van der Waals surface area contributed by atoms with Gasteiger partial charge in [-0.2, -0.15) is 0 Å². The Balaban J connectivity index is 3.30. The summed E-state index contributed by atoms with van der Waals surface area (Å²) in [5, 5.41) is 2.29. The van der Waals surface area contributed by atoms with E-state index in [2.05, 4.69) is 10.1 Å². The zero-order chi connectivity index (χ0) is 21.4. The number of ether oxygens (including phenoxy) is 6. The lowest BCUT2D eigenvalue weighted by Crippen LogP contribution is -2.66. The summed E-state index contributed by atoms with van der Waals surface area (Å²) in [7, 11) is 1.10. The lowest BCUT2D eigenvalue weighted by molar-refractivity contribution is -0.256. The first-order chi connectivity index (χ1) is 13.0. The van der Waals surface area contributed by atoms with Crippen molar-refractivity contribution in [3.8, 4) is 0 Å². The average molecular weight is 405 g/mol. The van der Waals surface area contributed by atoms with Crippen molar-refractivity contribution >= 4 is 30.0 Å². The normalized spacial score (nSPS) is 26.4. The maximum atomic E-state index is 11.6. The molecular formula is C16H23NO11. The van der Waals surface area contributed by atoms with Crippen LogP contribution in [0.5, 0.6) is 0 Å². The van der Waals surface area contributed by atoms with Gasteiger partial charge in [0.15, 0.2) is 24.5 Å². The van der Waals surface area contributed by atoms with Gasteiger partial charge in [0.1, 0.15) is 12.7 Å². The second kappa shape index (κ2) is 10.4. The Kier molecular flexibility index (Phi) is 8.64. The van der Waals surface area contributed by atoms with E-state index in [0.29, 0.717) is 0 Å². The highest BCUT2D eigenvalue weighted by molar-refractivity contribution is 5.69. The first-order valence-electron chi connectivity index (χ1n) is 8.20. The van der Waals surface area contributed by atoms with Crippen LogP contribution in [-0.2, 0) is 47.6 Å². The number of nitrogens with one attached hydrogen (secondary N) is 1. The van der Waals surface area contributed by atoms with Crippen molar-refractivity contribution in [1.29, 1.82) is 0 Å². The number of carbonyl (C=O) groups excluding carboxylic acids is 5. The molecule has 1 saturated heterocycles. The Morgan fingerprint density at radius 3 is 1.75 bits per heavy atom. The topological polar surface area (TPSA) is 153 Å².